The highest BCUT2D eigenvalue weighted by Gasteiger charge is 2.33. The zero-order chi connectivity index (χ0) is 13.9. The van der Waals surface area contributed by atoms with Crippen molar-refractivity contribution < 1.29 is 9.13 Å². The van der Waals surface area contributed by atoms with Crippen LogP contribution in [0, 0.1) is 5.82 Å². The molecule has 106 valence electrons. The molecule has 0 unspecified atom stereocenters. The minimum Gasteiger partial charge on any atom is -0.488 e. The van der Waals surface area contributed by atoms with Crippen LogP contribution in [0.15, 0.2) is 18.2 Å². The fraction of sp³-hybridized carbons (Fsp3) is 0.625. The fourth-order valence-electron chi connectivity index (χ4n) is 3.02. The van der Waals surface area contributed by atoms with Crippen molar-refractivity contribution in [1.82, 2.24) is 0 Å². The van der Waals surface area contributed by atoms with E-state index in [1.54, 1.807) is 12.1 Å². The molecule has 1 aromatic rings. The number of ether oxygens (including phenoxy) is 1. The first-order valence-corrected chi connectivity index (χ1v) is 7.24. The van der Waals surface area contributed by atoms with Gasteiger partial charge in [-0.2, -0.15) is 0 Å². The first kappa shape index (κ1) is 14.3. The van der Waals surface area contributed by atoms with Gasteiger partial charge in [0.05, 0.1) is 6.10 Å². The summed E-state index contributed by atoms with van der Waals surface area (Å²) in [5.74, 6) is 0.0614. The molecule has 1 saturated carbocycles. The molecule has 0 heterocycles. The molecule has 0 atom stereocenters. The quantitative estimate of drug-likeness (QED) is 0.899. The minimum absolute atomic E-state index is 0.0153. The number of halogens is 1. The number of hydrogen-bond acceptors (Lipinski definition) is 2. The molecule has 0 aliphatic heterocycles. The molecule has 0 bridgehead atoms. The van der Waals surface area contributed by atoms with Crippen molar-refractivity contribution in [3.8, 4) is 5.75 Å². The van der Waals surface area contributed by atoms with Gasteiger partial charge in [-0.1, -0.05) is 25.3 Å². The Hall–Kier alpha value is -1.09. The van der Waals surface area contributed by atoms with E-state index in [1.807, 2.05) is 19.9 Å². The van der Waals surface area contributed by atoms with E-state index in [4.69, 9.17) is 10.5 Å². The van der Waals surface area contributed by atoms with Crippen molar-refractivity contribution in [2.75, 3.05) is 6.54 Å². The molecule has 1 aromatic carbocycles. The van der Waals surface area contributed by atoms with Gasteiger partial charge in [-0.15, -0.1) is 0 Å². The standard InChI is InChI=1S/C16H24FNO/c1-12(2)19-15-7-6-13(10-14(15)17)16(11-18)8-4-3-5-9-16/h6-7,10,12H,3-5,8-9,11,18H2,1-2H3. The van der Waals surface area contributed by atoms with E-state index >= 15 is 0 Å². The maximum atomic E-state index is 14.1. The van der Waals surface area contributed by atoms with E-state index in [0.29, 0.717) is 12.3 Å². The summed E-state index contributed by atoms with van der Waals surface area (Å²) in [4.78, 5) is 0. The lowest BCUT2D eigenvalue weighted by Crippen LogP contribution is -2.37. The van der Waals surface area contributed by atoms with Crippen LogP contribution in [-0.2, 0) is 5.41 Å². The van der Waals surface area contributed by atoms with Gasteiger partial charge in [0.25, 0.3) is 0 Å². The molecule has 2 nitrogen and oxygen atoms in total. The molecule has 0 radical (unpaired) electrons. The van der Waals surface area contributed by atoms with Crippen LogP contribution in [0.1, 0.15) is 51.5 Å². The first-order valence-electron chi connectivity index (χ1n) is 7.24. The Balaban J connectivity index is 2.27. The Labute approximate surface area is 115 Å². The zero-order valence-corrected chi connectivity index (χ0v) is 11.9. The van der Waals surface area contributed by atoms with Crippen molar-refractivity contribution in [3.05, 3.63) is 29.6 Å². The van der Waals surface area contributed by atoms with Crippen LogP contribution < -0.4 is 10.5 Å². The maximum Gasteiger partial charge on any atom is 0.165 e. The Morgan fingerprint density at radius 3 is 2.47 bits per heavy atom. The van der Waals surface area contributed by atoms with Crippen LogP contribution in [-0.4, -0.2) is 12.6 Å². The molecule has 2 rings (SSSR count). The summed E-state index contributed by atoms with van der Waals surface area (Å²) in [5.41, 5.74) is 6.98. The van der Waals surface area contributed by atoms with Crippen LogP contribution in [0.5, 0.6) is 5.75 Å². The third-order valence-electron chi connectivity index (χ3n) is 4.11. The highest BCUT2D eigenvalue weighted by atomic mass is 19.1. The van der Waals surface area contributed by atoms with Crippen LogP contribution in [0.2, 0.25) is 0 Å². The molecule has 1 aliphatic rings. The predicted molar refractivity (Wildman–Crippen MR) is 76.0 cm³/mol. The third kappa shape index (κ3) is 3.08. The topological polar surface area (TPSA) is 35.2 Å². The van der Waals surface area contributed by atoms with Gasteiger partial charge in [0, 0.05) is 12.0 Å². The Bertz CT molecular complexity index is 425. The van der Waals surface area contributed by atoms with E-state index in [-0.39, 0.29) is 17.3 Å². The lowest BCUT2D eigenvalue weighted by molar-refractivity contribution is 0.230. The van der Waals surface area contributed by atoms with Crippen LogP contribution in [0.3, 0.4) is 0 Å². The Morgan fingerprint density at radius 2 is 1.95 bits per heavy atom. The number of nitrogens with two attached hydrogens (primary N) is 1. The van der Waals surface area contributed by atoms with E-state index in [0.717, 1.165) is 18.4 Å². The van der Waals surface area contributed by atoms with Crippen LogP contribution in [0.25, 0.3) is 0 Å². The van der Waals surface area contributed by atoms with Gasteiger partial charge in [0.2, 0.25) is 0 Å². The average molecular weight is 265 g/mol. The fourth-order valence-corrected chi connectivity index (χ4v) is 3.02. The summed E-state index contributed by atoms with van der Waals surface area (Å²) in [6, 6.07) is 5.35. The molecular weight excluding hydrogens is 241 g/mol. The normalized spacial score (nSPS) is 18.6. The Kier molecular flexibility index (Phi) is 4.46. The third-order valence-corrected chi connectivity index (χ3v) is 4.11. The SMILES string of the molecule is CC(C)Oc1ccc(C2(CN)CCCCC2)cc1F. The molecule has 0 amide bonds. The summed E-state index contributed by atoms with van der Waals surface area (Å²) in [7, 11) is 0. The van der Waals surface area contributed by atoms with Crippen molar-refractivity contribution in [2.45, 2.75) is 57.5 Å². The summed E-state index contributed by atoms with van der Waals surface area (Å²) >= 11 is 0. The molecule has 1 fully saturated rings. The van der Waals surface area contributed by atoms with E-state index in [2.05, 4.69) is 0 Å². The number of hydrogen-bond donors (Lipinski definition) is 1. The van der Waals surface area contributed by atoms with Gasteiger partial charge in [-0.25, -0.2) is 4.39 Å². The molecule has 0 saturated heterocycles. The molecule has 0 spiro atoms. The molecule has 19 heavy (non-hydrogen) atoms. The zero-order valence-electron chi connectivity index (χ0n) is 11.9. The predicted octanol–water partition coefficient (Wildman–Crippen LogP) is 3.77. The van der Waals surface area contributed by atoms with Crippen molar-refractivity contribution in [2.24, 2.45) is 5.73 Å². The van der Waals surface area contributed by atoms with E-state index in [1.165, 1.54) is 19.3 Å². The minimum atomic E-state index is -0.274. The van der Waals surface area contributed by atoms with Crippen LogP contribution in [0.4, 0.5) is 4.39 Å². The molecular formula is C16H24FNO. The maximum absolute atomic E-state index is 14.1. The smallest absolute Gasteiger partial charge is 0.165 e. The van der Waals surface area contributed by atoms with Crippen molar-refractivity contribution in [1.29, 1.82) is 0 Å². The van der Waals surface area contributed by atoms with Crippen molar-refractivity contribution >= 4 is 0 Å². The molecule has 2 N–H and O–H groups in total. The van der Waals surface area contributed by atoms with E-state index < -0.39 is 0 Å². The van der Waals surface area contributed by atoms with Gasteiger partial charge >= 0.3 is 0 Å². The number of benzene rings is 1. The van der Waals surface area contributed by atoms with Gasteiger partial charge in [-0.05, 0) is 44.4 Å². The Morgan fingerprint density at radius 1 is 1.26 bits per heavy atom. The summed E-state index contributed by atoms with van der Waals surface area (Å²) < 4.78 is 19.6. The molecule has 1 aliphatic carbocycles. The summed E-state index contributed by atoms with van der Waals surface area (Å²) in [6.07, 6.45) is 5.74. The summed E-state index contributed by atoms with van der Waals surface area (Å²) in [6.45, 7) is 4.39. The van der Waals surface area contributed by atoms with Gasteiger partial charge in [0.15, 0.2) is 11.6 Å². The second kappa shape index (κ2) is 5.91. The van der Waals surface area contributed by atoms with Gasteiger partial charge < -0.3 is 10.5 Å². The molecule has 3 heteroatoms. The van der Waals surface area contributed by atoms with Gasteiger partial charge in [0.1, 0.15) is 0 Å². The van der Waals surface area contributed by atoms with Gasteiger partial charge in [-0.3, -0.25) is 0 Å². The summed E-state index contributed by atoms with van der Waals surface area (Å²) in [5, 5.41) is 0. The molecule has 0 aromatic heterocycles. The van der Waals surface area contributed by atoms with Crippen LogP contribution >= 0.6 is 0 Å². The lowest BCUT2D eigenvalue weighted by Gasteiger charge is -2.37. The number of rotatable bonds is 4. The first-order chi connectivity index (χ1) is 9.07. The van der Waals surface area contributed by atoms with E-state index in [9.17, 15) is 4.39 Å². The highest BCUT2D eigenvalue weighted by Crippen LogP contribution is 2.39. The lowest BCUT2D eigenvalue weighted by atomic mass is 9.69. The second-order valence-electron chi connectivity index (χ2n) is 5.86. The average Bonchev–Trinajstić information content (AvgIpc) is 2.41. The highest BCUT2D eigenvalue weighted by molar-refractivity contribution is 5.34. The largest absolute Gasteiger partial charge is 0.488 e. The monoisotopic (exact) mass is 265 g/mol. The second-order valence-corrected chi connectivity index (χ2v) is 5.86. The van der Waals surface area contributed by atoms with Crippen molar-refractivity contribution in [3.63, 3.8) is 0 Å².